The normalized spacial score (nSPS) is 12.3. The van der Waals surface area contributed by atoms with Crippen molar-refractivity contribution in [3.8, 4) is 0 Å². The van der Waals surface area contributed by atoms with Gasteiger partial charge in [-0.15, -0.1) is 0 Å². The summed E-state index contributed by atoms with van der Waals surface area (Å²) in [4.78, 5) is 12.2. The topological polar surface area (TPSA) is 55.1 Å². The highest BCUT2D eigenvalue weighted by Crippen LogP contribution is 2.20. The van der Waals surface area contributed by atoms with Crippen molar-refractivity contribution in [2.24, 2.45) is 11.1 Å². The zero-order valence-electron chi connectivity index (χ0n) is 10.3. The molecule has 88 valence electrons. The van der Waals surface area contributed by atoms with Gasteiger partial charge in [0.1, 0.15) is 0 Å². The average molecular weight is 230 g/mol. The molecule has 0 saturated heterocycles. The van der Waals surface area contributed by atoms with Crippen molar-refractivity contribution in [2.75, 3.05) is 0 Å². The van der Waals surface area contributed by atoms with Crippen molar-refractivity contribution in [2.45, 2.75) is 53.0 Å². The lowest BCUT2D eigenvalue weighted by molar-refractivity contribution is -0.128. The molecule has 0 aliphatic carbocycles. The standard InChI is InChI=1S/C11H22N2OS/c1-6-11(5,7-2)13-9(14)10(3,4)8(12)15/h6-7H2,1-5H3,(H2,12,15)(H,13,14). The van der Waals surface area contributed by atoms with Crippen LogP contribution in [-0.4, -0.2) is 16.4 Å². The Labute approximate surface area is 97.8 Å². The van der Waals surface area contributed by atoms with E-state index in [-0.39, 0.29) is 16.4 Å². The van der Waals surface area contributed by atoms with E-state index in [1.165, 1.54) is 0 Å². The molecule has 0 bridgehead atoms. The Balaban J connectivity index is 4.69. The third kappa shape index (κ3) is 3.45. The van der Waals surface area contributed by atoms with Gasteiger partial charge in [-0.1, -0.05) is 26.1 Å². The highest BCUT2D eigenvalue weighted by Gasteiger charge is 2.34. The number of rotatable bonds is 5. The van der Waals surface area contributed by atoms with E-state index in [2.05, 4.69) is 19.2 Å². The van der Waals surface area contributed by atoms with Crippen LogP contribution < -0.4 is 11.1 Å². The highest BCUT2D eigenvalue weighted by molar-refractivity contribution is 7.80. The van der Waals surface area contributed by atoms with Crippen molar-refractivity contribution in [1.82, 2.24) is 5.32 Å². The first-order valence-electron chi connectivity index (χ1n) is 5.32. The summed E-state index contributed by atoms with van der Waals surface area (Å²) in [7, 11) is 0. The van der Waals surface area contributed by atoms with Crippen LogP contribution >= 0.6 is 12.2 Å². The zero-order valence-corrected chi connectivity index (χ0v) is 11.1. The van der Waals surface area contributed by atoms with Gasteiger partial charge < -0.3 is 11.1 Å². The second-order valence-electron chi connectivity index (χ2n) is 4.71. The predicted molar refractivity (Wildman–Crippen MR) is 67.7 cm³/mol. The molecule has 0 atom stereocenters. The number of carbonyl (C=O) groups excluding carboxylic acids is 1. The van der Waals surface area contributed by atoms with Crippen LogP contribution in [0.15, 0.2) is 0 Å². The van der Waals surface area contributed by atoms with Gasteiger partial charge in [0, 0.05) is 5.54 Å². The maximum absolute atomic E-state index is 12.0. The predicted octanol–water partition coefficient (Wildman–Crippen LogP) is 1.99. The fraction of sp³-hybridized carbons (Fsp3) is 0.818. The number of amides is 1. The summed E-state index contributed by atoms with van der Waals surface area (Å²) in [5.74, 6) is -0.0961. The Morgan fingerprint density at radius 1 is 1.27 bits per heavy atom. The molecule has 3 nitrogen and oxygen atoms in total. The van der Waals surface area contributed by atoms with Gasteiger partial charge in [0.05, 0.1) is 10.4 Å². The lowest BCUT2D eigenvalue weighted by atomic mass is 9.88. The number of carbonyl (C=O) groups is 1. The van der Waals surface area contributed by atoms with E-state index < -0.39 is 5.41 Å². The quantitative estimate of drug-likeness (QED) is 0.710. The summed E-state index contributed by atoms with van der Waals surface area (Å²) in [6, 6.07) is 0. The van der Waals surface area contributed by atoms with E-state index in [9.17, 15) is 4.79 Å². The van der Waals surface area contributed by atoms with Crippen molar-refractivity contribution in [1.29, 1.82) is 0 Å². The first-order valence-corrected chi connectivity index (χ1v) is 5.73. The molecule has 0 aromatic heterocycles. The van der Waals surface area contributed by atoms with Crippen LogP contribution in [0.25, 0.3) is 0 Å². The smallest absolute Gasteiger partial charge is 0.232 e. The first kappa shape index (κ1) is 14.4. The van der Waals surface area contributed by atoms with E-state index >= 15 is 0 Å². The molecule has 0 rings (SSSR count). The molecule has 1 amide bonds. The molecule has 0 aliphatic heterocycles. The second kappa shape index (κ2) is 4.92. The third-order valence-electron chi connectivity index (χ3n) is 3.16. The number of hydrogen-bond donors (Lipinski definition) is 2. The maximum atomic E-state index is 12.0. The lowest BCUT2D eigenvalue weighted by Crippen LogP contribution is -2.53. The second-order valence-corrected chi connectivity index (χ2v) is 5.15. The van der Waals surface area contributed by atoms with Gasteiger partial charge in [-0.3, -0.25) is 4.79 Å². The molecule has 0 aromatic carbocycles. The van der Waals surface area contributed by atoms with Crippen molar-refractivity contribution < 1.29 is 4.79 Å². The van der Waals surface area contributed by atoms with E-state index in [1.54, 1.807) is 13.8 Å². The van der Waals surface area contributed by atoms with Crippen LogP contribution in [0, 0.1) is 5.41 Å². The maximum Gasteiger partial charge on any atom is 0.232 e. The molecule has 3 N–H and O–H groups in total. The van der Waals surface area contributed by atoms with E-state index in [4.69, 9.17) is 18.0 Å². The van der Waals surface area contributed by atoms with Gasteiger partial charge in [0.15, 0.2) is 0 Å². The fourth-order valence-corrected chi connectivity index (χ4v) is 1.06. The fourth-order valence-electron chi connectivity index (χ4n) is 0.969. The van der Waals surface area contributed by atoms with Crippen LogP contribution in [0.2, 0.25) is 0 Å². The summed E-state index contributed by atoms with van der Waals surface area (Å²) < 4.78 is 0. The Morgan fingerprint density at radius 3 is 1.93 bits per heavy atom. The monoisotopic (exact) mass is 230 g/mol. The molecule has 0 saturated carbocycles. The van der Waals surface area contributed by atoms with E-state index in [1.807, 2.05) is 6.92 Å². The SMILES string of the molecule is CCC(C)(CC)NC(=O)C(C)(C)C(N)=S. The molecule has 0 aliphatic rings. The summed E-state index contributed by atoms with van der Waals surface area (Å²) in [6.45, 7) is 9.63. The molecule has 0 spiro atoms. The Hall–Kier alpha value is -0.640. The zero-order chi connectivity index (χ0) is 12.3. The Bertz CT molecular complexity index is 257. The van der Waals surface area contributed by atoms with Crippen LogP contribution in [-0.2, 0) is 4.79 Å². The molecule has 0 unspecified atom stereocenters. The summed E-state index contributed by atoms with van der Waals surface area (Å²) >= 11 is 4.89. The Morgan fingerprint density at radius 2 is 1.67 bits per heavy atom. The molecule has 0 aromatic rings. The van der Waals surface area contributed by atoms with Gasteiger partial charge in [-0.25, -0.2) is 0 Å². The third-order valence-corrected chi connectivity index (χ3v) is 3.67. The summed E-state index contributed by atoms with van der Waals surface area (Å²) in [5.41, 5.74) is 4.60. The molecule has 0 fully saturated rings. The van der Waals surface area contributed by atoms with Gasteiger partial charge in [0.2, 0.25) is 5.91 Å². The molecule has 15 heavy (non-hydrogen) atoms. The summed E-state index contributed by atoms with van der Waals surface area (Å²) in [5, 5.41) is 3.01. The van der Waals surface area contributed by atoms with Crippen LogP contribution in [0.5, 0.6) is 0 Å². The van der Waals surface area contributed by atoms with Gasteiger partial charge in [-0.2, -0.15) is 0 Å². The molecule has 0 heterocycles. The van der Waals surface area contributed by atoms with Crippen molar-refractivity contribution >= 4 is 23.1 Å². The minimum absolute atomic E-state index is 0.0961. The number of hydrogen-bond acceptors (Lipinski definition) is 2. The molecule has 4 heteroatoms. The average Bonchev–Trinajstić information content (AvgIpc) is 2.17. The van der Waals surface area contributed by atoms with Crippen LogP contribution in [0.1, 0.15) is 47.5 Å². The van der Waals surface area contributed by atoms with Gasteiger partial charge in [0.25, 0.3) is 0 Å². The highest BCUT2D eigenvalue weighted by atomic mass is 32.1. The molecular weight excluding hydrogens is 208 g/mol. The molecular formula is C11H22N2OS. The number of nitrogens with two attached hydrogens (primary N) is 1. The van der Waals surface area contributed by atoms with Gasteiger partial charge in [-0.05, 0) is 33.6 Å². The minimum Gasteiger partial charge on any atom is -0.392 e. The summed E-state index contributed by atoms with van der Waals surface area (Å²) in [6.07, 6.45) is 1.78. The minimum atomic E-state index is -0.777. The van der Waals surface area contributed by atoms with Crippen LogP contribution in [0.3, 0.4) is 0 Å². The number of nitrogens with one attached hydrogen (secondary N) is 1. The Kier molecular flexibility index (Phi) is 4.71. The molecule has 0 radical (unpaired) electrons. The largest absolute Gasteiger partial charge is 0.392 e. The first-order chi connectivity index (χ1) is 6.69. The van der Waals surface area contributed by atoms with E-state index in [0.717, 1.165) is 12.8 Å². The van der Waals surface area contributed by atoms with Gasteiger partial charge >= 0.3 is 0 Å². The van der Waals surface area contributed by atoms with Crippen molar-refractivity contribution in [3.05, 3.63) is 0 Å². The number of thiocarbonyl (C=S) groups is 1. The van der Waals surface area contributed by atoms with Crippen LogP contribution in [0.4, 0.5) is 0 Å². The van der Waals surface area contributed by atoms with Crippen molar-refractivity contribution in [3.63, 3.8) is 0 Å². The van der Waals surface area contributed by atoms with E-state index in [0.29, 0.717) is 0 Å². The lowest BCUT2D eigenvalue weighted by Gasteiger charge is -2.33.